The molecule has 1 amide bonds. The van der Waals surface area contributed by atoms with Crippen LogP contribution in [0.3, 0.4) is 0 Å². The van der Waals surface area contributed by atoms with Crippen LogP contribution in [0, 0.1) is 11.6 Å². The molecule has 0 spiro atoms. The summed E-state index contributed by atoms with van der Waals surface area (Å²) in [7, 11) is -1.10. The van der Waals surface area contributed by atoms with E-state index in [1.165, 1.54) is 19.0 Å². The van der Waals surface area contributed by atoms with E-state index >= 15 is 0 Å². The third-order valence-corrected chi connectivity index (χ3v) is 4.14. The normalized spacial score (nSPS) is 11.1. The first-order chi connectivity index (χ1) is 10.6. The van der Waals surface area contributed by atoms with Gasteiger partial charge in [-0.2, -0.15) is 0 Å². The van der Waals surface area contributed by atoms with E-state index in [2.05, 4.69) is 9.46 Å². The molecule has 7 nitrogen and oxygen atoms in total. The lowest BCUT2D eigenvalue weighted by atomic mass is 10.3. The van der Waals surface area contributed by atoms with Crippen molar-refractivity contribution in [2.45, 2.75) is 11.3 Å². The van der Waals surface area contributed by atoms with Crippen LogP contribution in [-0.4, -0.2) is 52.4 Å². The molecule has 1 N–H and O–H groups in total. The number of carbonyl (C=O) groups is 2. The van der Waals surface area contributed by atoms with Gasteiger partial charge in [-0.05, 0) is 18.2 Å². The minimum atomic E-state index is -4.08. The van der Waals surface area contributed by atoms with E-state index in [-0.39, 0.29) is 13.0 Å². The van der Waals surface area contributed by atoms with Gasteiger partial charge in [0, 0.05) is 20.6 Å². The molecule has 1 rings (SSSR count). The minimum absolute atomic E-state index is 0.309. The lowest BCUT2D eigenvalue weighted by Crippen LogP contribution is -2.29. The van der Waals surface area contributed by atoms with Crippen molar-refractivity contribution in [3.05, 3.63) is 29.8 Å². The largest absolute Gasteiger partial charge is 0.456 e. The Morgan fingerprint density at radius 3 is 2.43 bits per heavy atom. The Morgan fingerprint density at radius 2 is 1.87 bits per heavy atom. The molecule has 0 saturated heterocycles. The number of hydrogen-bond donors (Lipinski definition) is 1. The van der Waals surface area contributed by atoms with Gasteiger partial charge in [-0.3, -0.25) is 9.59 Å². The molecule has 1 aromatic rings. The Bertz CT molecular complexity index is 692. The van der Waals surface area contributed by atoms with Crippen molar-refractivity contribution in [1.29, 1.82) is 0 Å². The van der Waals surface area contributed by atoms with Crippen molar-refractivity contribution in [3.8, 4) is 0 Å². The topological polar surface area (TPSA) is 92.8 Å². The molecule has 23 heavy (non-hydrogen) atoms. The molecule has 0 radical (unpaired) electrons. The summed E-state index contributed by atoms with van der Waals surface area (Å²) in [5.74, 6) is -3.65. The number of rotatable bonds is 7. The highest BCUT2D eigenvalue weighted by Crippen LogP contribution is 2.13. The molecule has 0 atom stereocenters. The SMILES string of the molecule is CN(C)C(=O)COC(=O)CCNS(=O)(=O)c1ccc(F)c(F)c1. The predicted molar refractivity (Wildman–Crippen MR) is 75.8 cm³/mol. The zero-order valence-electron chi connectivity index (χ0n) is 12.5. The van der Waals surface area contributed by atoms with E-state index in [1.807, 2.05) is 0 Å². The van der Waals surface area contributed by atoms with Crippen LogP contribution in [0.15, 0.2) is 23.1 Å². The second-order valence-electron chi connectivity index (χ2n) is 4.67. The first kappa shape index (κ1) is 19.0. The van der Waals surface area contributed by atoms with E-state index in [1.54, 1.807) is 0 Å². The van der Waals surface area contributed by atoms with Crippen molar-refractivity contribution < 1.29 is 31.5 Å². The predicted octanol–water partition coefficient (Wildman–Crippen LogP) is 0.265. The van der Waals surface area contributed by atoms with Crippen LogP contribution in [0.5, 0.6) is 0 Å². The maximum atomic E-state index is 13.0. The molecule has 0 fully saturated rings. The number of sulfonamides is 1. The third-order valence-electron chi connectivity index (χ3n) is 2.68. The van der Waals surface area contributed by atoms with Crippen molar-refractivity contribution >= 4 is 21.9 Å². The smallest absolute Gasteiger partial charge is 0.307 e. The number of carbonyl (C=O) groups excluding carboxylic acids is 2. The van der Waals surface area contributed by atoms with Gasteiger partial charge < -0.3 is 9.64 Å². The van der Waals surface area contributed by atoms with Crippen LogP contribution < -0.4 is 4.72 Å². The molecule has 0 aliphatic heterocycles. The Morgan fingerprint density at radius 1 is 1.22 bits per heavy atom. The molecule has 128 valence electrons. The van der Waals surface area contributed by atoms with E-state index in [9.17, 15) is 26.8 Å². The lowest BCUT2D eigenvalue weighted by Gasteiger charge is -2.10. The summed E-state index contributed by atoms with van der Waals surface area (Å²) < 4.78 is 56.1. The minimum Gasteiger partial charge on any atom is -0.456 e. The number of nitrogens with one attached hydrogen (secondary N) is 1. The summed E-state index contributed by atoms with van der Waals surface area (Å²) in [5, 5.41) is 0. The van der Waals surface area contributed by atoms with Gasteiger partial charge >= 0.3 is 5.97 Å². The fraction of sp³-hybridized carbons (Fsp3) is 0.385. The molecule has 0 heterocycles. The van der Waals surface area contributed by atoms with Crippen LogP contribution in [0.2, 0.25) is 0 Å². The van der Waals surface area contributed by atoms with E-state index in [4.69, 9.17) is 0 Å². The summed E-state index contributed by atoms with van der Waals surface area (Å²) in [6, 6.07) is 2.12. The molecule has 0 aliphatic carbocycles. The number of amides is 1. The standard InChI is InChI=1S/C13H16F2N2O5S/c1-17(2)12(18)8-22-13(19)5-6-16-23(20,21)9-3-4-10(14)11(15)7-9/h3-4,7,16H,5-6,8H2,1-2H3. The molecule has 0 unspecified atom stereocenters. The Balaban J connectivity index is 2.49. The Hall–Kier alpha value is -2.07. The molecule has 0 aliphatic rings. The van der Waals surface area contributed by atoms with Gasteiger partial charge in [0.25, 0.3) is 5.91 Å². The average Bonchev–Trinajstić information content (AvgIpc) is 2.47. The van der Waals surface area contributed by atoms with Gasteiger partial charge in [-0.25, -0.2) is 21.9 Å². The number of esters is 1. The second kappa shape index (κ2) is 7.97. The number of halogens is 2. The first-order valence-electron chi connectivity index (χ1n) is 6.44. The summed E-state index contributed by atoms with van der Waals surface area (Å²) in [4.78, 5) is 23.3. The molecular formula is C13H16F2N2O5S. The monoisotopic (exact) mass is 350 g/mol. The van der Waals surface area contributed by atoms with Gasteiger partial charge in [0.2, 0.25) is 10.0 Å². The lowest BCUT2D eigenvalue weighted by molar-refractivity contribution is -0.150. The van der Waals surface area contributed by atoms with Crippen LogP contribution in [-0.2, 0) is 24.3 Å². The number of benzene rings is 1. The first-order valence-corrected chi connectivity index (χ1v) is 7.92. The van der Waals surface area contributed by atoms with Gasteiger partial charge in [-0.15, -0.1) is 0 Å². The van der Waals surface area contributed by atoms with Crippen LogP contribution in [0.25, 0.3) is 0 Å². The average molecular weight is 350 g/mol. The highest BCUT2D eigenvalue weighted by Gasteiger charge is 2.17. The van der Waals surface area contributed by atoms with Crippen molar-refractivity contribution in [1.82, 2.24) is 9.62 Å². The van der Waals surface area contributed by atoms with E-state index in [0.29, 0.717) is 12.1 Å². The number of likely N-dealkylation sites (N-methyl/N-ethyl adjacent to an activating group) is 1. The third kappa shape index (κ3) is 5.91. The van der Waals surface area contributed by atoms with Crippen molar-refractivity contribution in [2.75, 3.05) is 27.2 Å². The molecule has 0 saturated carbocycles. The van der Waals surface area contributed by atoms with Gasteiger partial charge in [0.05, 0.1) is 11.3 Å². The zero-order valence-corrected chi connectivity index (χ0v) is 13.3. The van der Waals surface area contributed by atoms with E-state index in [0.717, 1.165) is 6.07 Å². The highest BCUT2D eigenvalue weighted by molar-refractivity contribution is 7.89. The summed E-state index contributed by atoms with van der Waals surface area (Å²) >= 11 is 0. The van der Waals surface area contributed by atoms with Crippen LogP contribution >= 0.6 is 0 Å². The molecule has 1 aromatic carbocycles. The van der Waals surface area contributed by atoms with E-state index < -0.39 is 45.0 Å². The molecule has 0 aromatic heterocycles. The summed E-state index contributed by atoms with van der Waals surface area (Å²) in [5.41, 5.74) is 0. The summed E-state index contributed by atoms with van der Waals surface area (Å²) in [6.45, 7) is -0.752. The molecular weight excluding hydrogens is 334 g/mol. The second-order valence-corrected chi connectivity index (χ2v) is 6.44. The Kier molecular flexibility index (Phi) is 6.58. The molecule has 0 bridgehead atoms. The number of nitrogens with zero attached hydrogens (tertiary/aromatic N) is 1. The fourth-order valence-corrected chi connectivity index (χ4v) is 2.40. The highest BCUT2D eigenvalue weighted by atomic mass is 32.2. The zero-order chi connectivity index (χ0) is 17.6. The van der Waals surface area contributed by atoms with Gasteiger partial charge in [0.1, 0.15) is 0 Å². The summed E-state index contributed by atoms with van der Waals surface area (Å²) in [6.07, 6.45) is -0.316. The van der Waals surface area contributed by atoms with Crippen molar-refractivity contribution in [2.24, 2.45) is 0 Å². The van der Waals surface area contributed by atoms with Crippen LogP contribution in [0.4, 0.5) is 8.78 Å². The van der Waals surface area contributed by atoms with Gasteiger partial charge in [-0.1, -0.05) is 0 Å². The quantitative estimate of drug-likeness (QED) is 0.713. The van der Waals surface area contributed by atoms with Crippen molar-refractivity contribution in [3.63, 3.8) is 0 Å². The fourth-order valence-electron chi connectivity index (χ4n) is 1.36. The number of hydrogen-bond acceptors (Lipinski definition) is 5. The van der Waals surface area contributed by atoms with Crippen LogP contribution in [0.1, 0.15) is 6.42 Å². The maximum Gasteiger partial charge on any atom is 0.307 e. The Labute approximate surface area is 132 Å². The number of ether oxygens (including phenoxy) is 1. The molecule has 10 heteroatoms. The maximum absolute atomic E-state index is 13.0. The van der Waals surface area contributed by atoms with Gasteiger partial charge in [0.15, 0.2) is 18.2 Å².